The second kappa shape index (κ2) is 7.09. The number of halogens is 1. The Labute approximate surface area is 138 Å². The highest BCUT2D eigenvalue weighted by atomic mass is 127. The zero-order valence-corrected chi connectivity index (χ0v) is 14.0. The van der Waals surface area contributed by atoms with Gasteiger partial charge in [-0.3, -0.25) is 0 Å². The number of ether oxygens (including phenoxy) is 1. The van der Waals surface area contributed by atoms with E-state index in [0.29, 0.717) is 0 Å². The predicted octanol–water partition coefficient (Wildman–Crippen LogP) is 2.83. The summed E-state index contributed by atoms with van der Waals surface area (Å²) >= 11 is 2.22. The molecule has 1 atom stereocenters. The second-order valence-electron chi connectivity index (χ2n) is 5.15. The van der Waals surface area contributed by atoms with Gasteiger partial charge in [0.25, 0.3) is 0 Å². The Hall–Kier alpha value is -1.33. The van der Waals surface area contributed by atoms with Gasteiger partial charge in [0.15, 0.2) is 0 Å². The molecular weight excluding hydrogens is 381 g/mol. The van der Waals surface area contributed by atoms with Crippen LogP contribution in [0.15, 0.2) is 24.3 Å². The predicted molar refractivity (Wildman–Crippen MR) is 88.2 cm³/mol. The average Bonchev–Trinajstić information content (AvgIpc) is 3.04. The number of hydrazine groups is 1. The Morgan fingerprint density at radius 3 is 2.52 bits per heavy atom. The van der Waals surface area contributed by atoms with Crippen LogP contribution in [-0.2, 0) is 9.53 Å². The van der Waals surface area contributed by atoms with Crippen LogP contribution < -0.4 is 10.9 Å². The third kappa shape index (κ3) is 3.47. The number of nitrogens with one attached hydrogen (secondary N) is 2. The van der Waals surface area contributed by atoms with E-state index in [1.165, 1.54) is 7.11 Å². The first kappa shape index (κ1) is 16.0. The quantitative estimate of drug-likeness (QED) is 0.453. The number of esters is 1. The molecule has 2 N–H and O–H groups in total. The van der Waals surface area contributed by atoms with E-state index in [1.54, 1.807) is 0 Å². The second-order valence-corrected chi connectivity index (χ2v) is 6.40. The minimum absolute atomic E-state index is 0.0358. The Morgan fingerprint density at radius 1 is 1.38 bits per heavy atom. The molecule has 0 saturated heterocycles. The molecular formula is C15H18IN3O2. The summed E-state index contributed by atoms with van der Waals surface area (Å²) in [6.45, 7) is 0. The minimum Gasteiger partial charge on any atom is -0.467 e. The van der Waals surface area contributed by atoms with Gasteiger partial charge in [-0.15, -0.1) is 0 Å². The molecule has 2 rings (SSSR count). The largest absolute Gasteiger partial charge is 0.467 e. The van der Waals surface area contributed by atoms with Crippen molar-refractivity contribution in [3.8, 4) is 6.07 Å². The average molecular weight is 399 g/mol. The molecule has 0 bridgehead atoms. The van der Waals surface area contributed by atoms with E-state index in [0.717, 1.165) is 34.9 Å². The number of methoxy groups -OCH3 is 1. The summed E-state index contributed by atoms with van der Waals surface area (Å²) in [7, 11) is 1.32. The summed E-state index contributed by atoms with van der Waals surface area (Å²) in [5.41, 5.74) is 5.37. The van der Waals surface area contributed by atoms with E-state index >= 15 is 0 Å². The van der Waals surface area contributed by atoms with Gasteiger partial charge >= 0.3 is 5.97 Å². The van der Waals surface area contributed by atoms with Crippen molar-refractivity contribution in [1.82, 2.24) is 5.43 Å². The summed E-state index contributed by atoms with van der Waals surface area (Å²) in [6.07, 6.45) is 3.78. The van der Waals surface area contributed by atoms with Gasteiger partial charge in [-0.25, -0.2) is 10.2 Å². The molecule has 1 aromatic rings. The van der Waals surface area contributed by atoms with Gasteiger partial charge in [0.05, 0.1) is 13.2 Å². The molecule has 0 aliphatic heterocycles. The van der Waals surface area contributed by atoms with Crippen LogP contribution in [0.1, 0.15) is 25.7 Å². The van der Waals surface area contributed by atoms with E-state index in [4.69, 9.17) is 4.74 Å². The van der Waals surface area contributed by atoms with Crippen LogP contribution in [0, 0.1) is 20.8 Å². The van der Waals surface area contributed by atoms with Crippen LogP contribution in [0.4, 0.5) is 5.69 Å². The van der Waals surface area contributed by atoms with Crippen molar-refractivity contribution >= 4 is 34.2 Å². The first-order valence-corrected chi connectivity index (χ1v) is 7.98. The lowest BCUT2D eigenvalue weighted by Crippen LogP contribution is -2.58. The lowest BCUT2D eigenvalue weighted by Gasteiger charge is -2.31. The third-order valence-corrected chi connectivity index (χ3v) is 4.62. The monoisotopic (exact) mass is 399 g/mol. The maximum Gasteiger partial charge on any atom is 0.342 e. The van der Waals surface area contributed by atoms with Crippen LogP contribution in [0.2, 0.25) is 0 Å². The normalized spacial score (nSPS) is 17.8. The molecule has 1 unspecified atom stereocenters. The highest BCUT2D eigenvalue weighted by Crippen LogP contribution is 2.34. The topological polar surface area (TPSA) is 74.2 Å². The molecule has 1 fully saturated rings. The Balaban J connectivity index is 2.17. The Bertz CT molecular complexity index is 535. The standard InChI is InChI=1S/C15H18IN3O2/c1-21-14(20)15(10-17,11-4-2-3-5-11)19-18-13-8-6-12(16)7-9-13/h6-9,11,18-19H,2-5H2,1H3. The maximum atomic E-state index is 12.2. The highest BCUT2D eigenvalue weighted by Gasteiger charge is 2.48. The molecule has 1 aliphatic carbocycles. The third-order valence-electron chi connectivity index (χ3n) is 3.90. The summed E-state index contributed by atoms with van der Waals surface area (Å²) < 4.78 is 5.98. The summed E-state index contributed by atoms with van der Waals surface area (Å²) in [5, 5.41) is 9.61. The molecule has 112 valence electrons. The number of rotatable bonds is 5. The zero-order valence-electron chi connectivity index (χ0n) is 11.9. The summed E-state index contributed by atoms with van der Waals surface area (Å²) in [4.78, 5) is 12.2. The van der Waals surface area contributed by atoms with E-state index in [9.17, 15) is 10.1 Å². The van der Waals surface area contributed by atoms with Gasteiger partial charge in [-0.1, -0.05) is 12.8 Å². The van der Waals surface area contributed by atoms with Crippen LogP contribution in [0.25, 0.3) is 0 Å². The molecule has 0 radical (unpaired) electrons. The fourth-order valence-corrected chi connectivity index (χ4v) is 3.07. The number of carbonyl (C=O) groups is 1. The number of benzene rings is 1. The van der Waals surface area contributed by atoms with Crippen molar-refractivity contribution in [2.75, 3.05) is 12.5 Å². The molecule has 1 saturated carbocycles. The molecule has 21 heavy (non-hydrogen) atoms. The van der Waals surface area contributed by atoms with E-state index in [2.05, 4.69) is 39.5 Å². The van der Waals surface area contributed by atoms with Crippen LogP contribution in [0.3, 0.4) is 0 Å². The Kier molecular flexibility index (Phi) is 5.42. The summed E-state index contributed by atoms with van der Waals surface area (Å²) in [5.74, 6) is -0.568. The number of anilines is 1. The molecule has 0 spiro atoms. The maximum absolute atomic E-state index is 12.2. The first-order chi connectivity index (χ1) is 10.1. The number of carbonyl (C=O) groups excluding carboxylic acids is 1. The zero-order chi connectivity index (χ0) is 15.3. The minimum atomic E-state index is -1.34. The van der Waals surface area contributed by atoms with Crippen molar-refractivity contribution in [3.63, 3.8) is 0 Å². The van der Waals surface area contributed by atoms with Crippen molar-refractivity contribution in [3.05, 3.63) is 27.8 Å². The van der Waals surface area contributed by atoms with Crippen LogP contribution in [0.5, 0.6) is 0 Å². The lowest BCUT2D eigenvalue weighted by molar-refractivity contribution is -0.148. The van der Waals surface area contributed by atoms with Crippen molar-refractivity contribution in [1.29, 1.82) is 5.26 Å². The van der Waals surface area contributed by atoms with Crippen molar-refractivity contribution in [2.24, 2.45) is 5.92 Å². The summed E-state index contributed by atoms with van der Waals surface area (Å²) in [6, 6.07) is 9.83. The van der Waals surface area contributed by atoms with E-state index in [1.807, 2.05) is 24.3 Å². The van der Waals surface area contributed by atoms with Crippen LogP contribution in [-0.4, -0.2) is 18.6 Å². The van der Waals surface area contributed by atoms with E-state index in [-0.39, 0.29) is 5.92 Å². The fraction of sp³-hybridized carbons (Fsp3) is 0.467. The fourth-order valence-electron chi connectivity index (χ4n) is 2.71. The SMILES string of the molecule is COC(=O)C(C#N)(NNc1ccc(I)cc1)C1CCCC1. The molecule has 0 aromatic heterocycles. The van der Waals surface area contributed by atoms with Gasteiger partial charge in [0.1, 0.15) is 0 Å². The molecule has 0 heterocycles. The number of hydrogen-bond acceptors (Lipinski definition) is 5. The van der Waals surface area contributed by atoms with Crippen molar-refractivity contribution in [2.45, 2.75) is 31.2 Å². The van der Waals surface area contributed by atoms with Gasteiger partial charge in [0, 0.05) is 15.2 Å². The Morgan fingerprint density at radius 2 is 2.00 bits per heavy atom. The smallest absolute Gasteiger partial charge is 0.342 e. The molecule has 6 heteroatoms. The van der Waals surface area contributed by atoms with Gasteiger partial charge < -0.3 is 10.2 Å². The number of nitriles is 1. The molecule has 1 aromatic carbocycles. The highest BCUT2D eigenvalue weighted by molar-refractivity contribution is 14.1. The lowest BCUT2D eigenvalue weighted by atomic mass is 9.84. The van der Waals surface area contributed by atoms with Crippen LogP contribution >= 0.6 is 22.6 Å². The number of hydrogen-bond donors (Lipinski definition) is 2. The van der Waals surface area contributed by atoms with Gasteiger partial charge in [0.2, 0.25) is 5.54 Å². The van der Waals surface area contributed by atoms with Gasteiger partial charge in [-0.2, -0.15) is 5.26 Å². The number of nitrogens with zero attached hydrogens (tertiary/aromatic N) is 1. The van der Waals surface area contributed by atoms with Gasteiger partial charge in [-0.05, 0) is 59.7 Å². The molecule has 0 amide bonds. The first-order valence-electron chi connectivity index (χ1n) is 6.91. The van der Waals surface area contributed by atoms with Crippen molar-refractivity contribution < 1.29 is 9.53 Å². The molecule has 5 nitrogen and oxygen atoms in total. The van der Waals surface area contributed by atoms with E-state index < -0.39 is 11.5 Å². The molecule has 1 aliphatic rings.